The van der Waals surface area contributed by atoms with Crippen LogP contribution >= 0.6 is 0 Å². The molecule has 0 saturated carbocycles. The van der Waals surface area contributed by atoms with Crippen LogP contribution in [0.5, 0.6) is 0 Å². The molecule has 0 aliphatic carbocycles. The SMILES string of the molecule is CN(CCc1ccccn1)C(=O)NC(C(=O)O)C(C)(C)c1ccccc1. The Morgan fingerprint density at radius 1 is 1.15 bits per heavy atom. The number of likely N-dealkylation sites (N-methyl/N-ethyl adjacent to an activating group) is 1. The molecule has 138 valence electrons. The maximum Gasteiger partial charge on any atom is 0.327 e. The molecule has 26 heavy (non-hydrogen) atoms. The number of carbonyl (C=O) groups excluding carboxylic acids is 1. The Kier molecular flexibility index (Phi) is 6.33. The van der Waals surface area contributed by atoms with E-state index in [0.717, 1.165) is 11.3 Å². The minimum Gasteiger partial charge on any atom is -0.480 e. The third kappa shape index (κ3) is 4.81. The Balaban J connectivity index is 2.04. The number of hydrogen-bond acceptors (Lipinski definition) is 3. The van der Waals surface area contributed by atoms with Gasteiger partial charge in [-0.1, -0.05) is 50.2 Å². The number of amides is 2. The smallest absolute Gasteiger partial charge is 0.327 e. The maximum absolute atomic E-state index is 12.5. The van der Waals surface area contributed by atoms with Crippen LogP contribution in [0.4, 0.5) is 4.79 Å². The van der Waals surface area contributed by atoms with E-state index in [2.05, 4.69) is 10.3 Å². The zero-order valence-electron chi connectivity index (χ0n) is 15.3. The van der Waals surface area contributed by atoms with E-state index in [1.807, 2.05) is 62.4 Å². The number of rotatable bonds is 7. The first-order valence-electron chi connectivity index (χ1n) is 8.52. The number of carbonyl (C=O) groups is 2. The lowest BCUT2D eigenvalue weighted by atomic mass is 9.77. The summed E-state index contributed by atoms with van der Waals surface area (Å²) in [5, 5.41) is 12.3. The molecule has 0 saturated heterocycles. The highest BCUT2D eigenvalue weighted by molar-refractivity contribution is 5.84. The van der Waals surface area contributed by atoms with Crippen LogP contribution in [0.2, 0.25) is 0 Å². The van der Waals surface area contributed by atoms with Gasteiger partial charge in [-0.3, -0.25) is 4.98 Å². The lowest BCUT2D eigenvalue weighted by molar-refractivity contribution is -0.140. The molecule has 2 aromatic rings. The monoisotopic (exact) mass is 355 g/mol. The van der Waals surface area contributed by atoms with Crippen molar-refractivity contribution in [3.05, 3.63) is 66.0 Å². The number of urea groups is 1. The molecule has 0 spiro atoms. The predicted molar refractivity (Wildman–Crippen MR) is 100.0 cm³/mol. The molecular formula is C20H25N3O3. The van der Waals surface area contributed by atoms with Crippen molar-refractivity contribution in [3.63, 3.8) is 0 Å². The summed E-state index contributed by atoms with van der Waals surface area (Å²) in [7, 11) is 1.65. The first kappa shape index (κ1) is 19.4. The predicted octanol–water partition coefficient (Wildman–Crippen LogP) is 2.70. The molecule has 0 radical (unpaired) electrons. The van der Waals surface area contributed by atoms with Gasteiger partial charge >= 0.3 is 12.0 Å². The maximum atomic E-state index is 12.5. The molecule has 0 bridgehead atoms. The van der Waals surface area contributed by atoms with Crippen LogP contribution in [0.1, 0.15) is 25.1 Å². The van der Waals surface area contributed by atoms with Gasteiger partial charge in [0.1, 0.15) is 6.04 Å². The quantitative estimate of drug-likeness (QED) is 0.800. The highest BCUT2D eigenvalue weighted by Gasteiger charge is 2.38. The van der Waals surface area contributed by atoms with Crippen LogP contribution < -0.4 is 5.32 Å². The van der Waals surface area contributed by atoms with Crippen LogP contribution in [0.25, 0.3) is 0 Å². The highest BCUT2D eigenvalue weighted by Crippen LogP contribution is 2.27. The van der Waals surface area contributed by atoms with E-state index in [4.69, 9.17) is 0 Å². The highest BCUT2D eigenvalue weighted by atomic mass is 16.4. The van der Waals surface area contributed by atoms with Gasteiger partial charge in [-0.05, 0) is 17.7 Å². The van der Waals surface area contributed by atoms with E-state index in [1.165, 1.54) is 4.90 Å². The molecular weight excluding hydrogens is 330 g/mol. The van der Waals surface area contributed by atoms with Gasteiger partial charge < -0.3 is 15.3 Å². The van der Waals surface area contributed by atoms with E-state index in [9.17, 15) is 14.7 Å². The van der Waals surface area contributed by atoms with Gasteiger partial charge in [0.2, 0.25) is 0 Å². The largest absolute Gasteiger partial charge is 0.480 e. The molecule has 2 rings (SSSR count). The van der Waals surface area contributed by atoms with Gasteiger partial charge in [0.25, 0.3) is 0 Å². The fraction of sp³-hybridized carbons (Fsp3) is 0.350. The number of aliphatic carboxylic acids is 1. The second kappa shape index (κ2) is 8.47. The summed E-state index contributed by atoms with van der Waals surface area (Å²) >= 11 is 0. The number of benzene rings is 1. The van der Waals surface area contributed by atoms with E-state index in [-0.39, 0.29) is 0 Å². The molecule has 1 unspecified atom stereocenters. The van der Waals surface area contributed by atoms with Crippen molar-refractivity contribution in [2.24, 2.45) is 0 Å². The van der Waals surface area contributed by atoms with Gasteiger partial charge in [0, 0.05) is 37.3 Å². The molecule has 1 heterocycles. The van der Waals surface area contributed by atoms with Crippen molar-refractivity contribution >= 4 is 12.0 Å². The van der Waals surface area contributed by atoms with Crippen molar-refractivity contribution < 1.29 is 14.7 Å². The molecule has 1 aromatic carbocycles. The number of carboxylic acids is 1. The average molecular weight is 355 g/mol. The summed E-state index contributed by atoms with van der Waals surface area (Å²) in [5.41, 5.74) is 0.972. The van der Waals surface area contributed by atoms with E-state index in [1.54, 1.807) is 13.2 Å². The molecule has 2 N–H and O–H groups in total. The molecule has 6 nitrogen and oxygen atoms in total. The van der Waals surface area contributed by atoms with Gasteiger partial charge in [-0.2, -0.15) is 0 Å². The van der Waals surface area contributed by atoms with Crippen molar-refractivity contribution in [2.45, 2.75) is 31.7 Å². The van der Waals surface area contributed by atoms with Crippen molar-refractivity contribution in [2.75, 3.05) is 13.6 Å². The van der Waals surface area contributed by atoms with Crippen molar-refractivity contribution in [3.8, 4) is 0 Å². The number of carboxylic acid groups (broad SMARTS) is 1. The molecule has 1 aromatic heterocycles. The first-order chi connectivity index (χ1) is 12.3. The van der Waals surface area contributed by atoms with Crippen molar-refractivity contribution in [1.29, 1.82) is 0 Å². The van der Waals surface area contributed by atoms with E-state index < -0.39 is 23.5 Å². The summed E-state index contributed by atoms with van der Waals surface area (Å²) in [6.07, 6.45) is 2.31. The van der Waals surface area contributed by atoms with Crippen LogP contribution in [0.3, 0.4) is 0 Å². The first-order valence-corrected chi connectivity index (χ1v) is 8.52. The number of pyridine rings is 1. The van der Waals surface area contributed by atoms with E-state index in [0.29, 0.717) is 13.0 Å². The van der Waals surface area contributed by atoms with Crippen LogP contribution in [-0.4, -0.2) is 46.6 Å². The second-order valence-electron chi connectivity index (χ2n) is 6.80. The van der Waals surface area contributed by atoms with Crippen LogP contribution in [0.15, 0.2) is 54.7 Å². The molecule has 0 fully saturated rings. The zero-order chi connectivity index (χ0) is 19.2. The van der Waals surface area contributed by atoms with Gasteiger partial charge in [0.15, 0.2) is 0 Å². The Morgan fingerprint density at radius 3 is 2.38 bits per heavy atom. The molecule has 6 heteroatoms. The summed E-state index contributed by atoms with van der Waals surface area (Å²) in [5.74, 6) is -1.06. The Hall–Kier alpha value is -2.89. The lowest BCUT2D eigenvalue weighted by Crippen LogP contribution is -2.55. The summed E-state index contributed by atoms with van der Waals surface area (Å²) in [6, 6.07) is 13.5. The topological polar surface area (TPSA) is 82.5 Å². The molecule has 1 atom stereocenters. The van der Waals surface area contributed by atoms with Gasteiger partial charge in [-0.15, -0.1) is 0 Å². The van der Waals surface area contributed by atoms with Crippen molar-refractivity contribution in [1.82, 2.24) is 15.2 Å². The fourth-order valence-electron chi connectivity index (χ4n) is 2.75. The zero-order valence-corrected chi connectivity index (χ0v) is 15.3. The number of hydrogen-bond donors (Lipinski definition) is 2. The average Bonchev–Trinajstić information content (AvgIpc) is 2.65. The number of nitrogens with one attached hydrogen (secondary N) is 1. The normalized spacial score (nSPS) is 12.3. The van der Waals surface area contributed by atoms with Gasteiger partial charge in [-0.25, -0.2) is 9.59 Å². The fourth-order valence-corrected chi connectivity index (χ4v) is 2.75. The standard InChI is InChI=1S/C20H25N3O3/c1-20(2,15-9-5-4-6-10-15)17(18(24)25)22-19(26)23(3)14-12-16-11-7-8-13-21-16/h4-11,13,17H,12,14H2,1-3H3,(H,22,26)(H,24,25). The lowest BCUT2D eigenvalue weighted by Gasteiger charge is -2.33. The Bertz CT molecular complexity index is 732. The minimum absolute atomic E-state index is 0.419. The number of nitrogens with zero attached hydrogens (tertiary/aromatic N) is 2. The third-order valence-electron chi connectivity index (χ3n) is 4.53. The number of aromatic nitrogens is 1. The molecule has 0 aliphatic heterocycles. The van der Waals surface area contributed by atoms with Gasteiger partial charge in [0.05, 0.1) is 0 Å². The van der Waals surface area contributed by atoms with Crippen LogP contribution in [0, 0.1) is 0 Å². The second-order valence-corrected chi connectivity index (χ2v) is 6.80. The molecule has 0 aliphatic rings. The van der Waals surface area contributed by atoms with E-state index >= 15 is 0 Å². The molecule has 2 amide bonds. The third-order valence-corrected chi connectivity index (χ3v) is 4.53. The minimum atomic E-state index is -1.06. The summed E-state index contributed by atoms with van der Waals surface area (Å²) < 4.78 is 0. The Labute approximate surface area is 153 Å². The summed E-state index contributed by atoms with van der Waals surface area (Å²) in [6.45, 7) is 4.07. The Morgan fingerprint density at radius 2 is 1.81 bits per heavy atom. The van der Waals surface area contributed by atoms with Crippen LogP contribution in [-0.2, 0) is 16.6 Å². The summed E-state index contributed by atoms with van der Waals surface area (Å²) in [4.78, 5) is 30.0.